The van der Waals surface area contributed by atoms with Crippen molar-refractivity contribution in [2.45, 2.75) is 52.0 Å². The molecule has 0 aromatic rings. The molecule has 0 aromatic heterocycles. The molecule has 0 spiro atoms. The van der Waals surface area contributed by atoms with Crippen LogP contribution >= 0.6 is 0 Å². The van der Waals surface area contributed by atoms with E-state index in [1.807, 2.05) is 0 Å². The van der Waals surface area contributed by atoms with Crippen molar-refractivity contribution in [3.05, 3.63) is 0 Å². The number of carbonyl (C=O) groups excluding carboxylic acids is 2. The molecule has 7 nitrogen and oxygen atoms in total. The summed E-state index contributed by atoms with van der Waals surface area (Å²) in [7, 11) is 0. The molecule has 0 saturated heterocycles. The number of urea groups is 1. The molecule has 1 fully saturated rings. The van der Waals surface area contributed by atoms with Crippen molar-refractivity contribution in [1.82, 2.24) is 16.0 Å². The van der Waals surface area contributed by atoms with E-state index in [0.29, 0.717) is 19.4 Å². The van der Waals surface area contributed by atoms with Gasteiger partial charge in [0.25, 0.3) is 0 Å². The summed E-state index contributed by atoms with van der Waals surface area (Å²) in [5.74, 6) is -1.13. The van der Waals surface area contributed by atoms with E-state index in [9.17, 15) is 19.5 Å². The molecule has 4 N–H and O–H groups in total. The third-order valence-electron chi connectivity index (χ3n) is 3.94. The third-order valence-corrected chi connectivity index (χ3v) is 3.94. The third kappa shape index (κ3) is 4.91. The van der Waals surface area contributed by atoms with Gasteiger partial charge >= 0.3 is 12.0 Å². The van der Waals surface area contributed by atoms with E-state index in [-0.39, 0.29) is 12.5 Å². The van der Waals surface area contributed by atoms with Gasteiger partial charge in [-0.25, -0.2) is 4.79 Å². The Kier molecular flexibility index (Phi) is 6.45. The molecule has 0 aromatic carbocycles. The smallest absolute Gasteiger partial charge is 0.315 e. The monoisotopic (exact) mass is 299 g/mol. The summed E-state index contributed by atoms with van der Waals surface area (Å²) in [5, 5.41) is 17.1. The van der Waals surface area contributed by atoms with Gasteiger partial charge in [-0.15, -0.1) is 0 Å². The van der Waals surface area contributed by atoms with Crippen molar-refractivity contribution in [3.63, 3.8) is 0 Å². The van der Waals surface area contributed by atoms with Gasteiger partial charge in [-0.05, 0) is 26.7 Å². The number of carboxylic acid groups (broad SMARTS) is 1. The summed E-state index contributed by atoms with van der Waals surface area (Å²) in [6.45, 7) is 3.97. The Morgan fingerprint density at radius 3 is 2.29 bits per heavy atom. The number of amides is 3. The Bertz CT molecular complexity index is 392. The van der Waals surface area contributed by atoms with Crippen LogP contribution in [0.3, 0.4) is 0 Å². The van der Waals surface area contributed by atoms with E-state index >= 15 is 0 Å². The molecule has 0 bridgehead atoms. The maximum Gasteiger partial charge on any atom is 0.315 e. The number of hydrogen-bond donors (Lipinski definition) is 4. The predicted octanol–water partition coefficient (Wildman–Crippen LogP) is 0.845. The first-order chi connectivity index (χ1) is 9.91. The van der Waals surface area contributed by atoms with E-state index in [1.165, 1.54) is 0 Å². The van der Waals surface area contributed by atoms with Crippen LogP contribution in [-0.4, -0.2) is 42.1 Å². The number of aliphatic carboxylic acids is 1. The van der Waals surface area contributed by atoms with Gasteiger partial charge in [0.05, 0.1) is 5.41 Å². The number of hydrogen-bond acceptors (Lipinski definition) is 3. The van der Waals surface area contributed by atoms with Gasteiger partial charge in [-0.3, -0.25) is 9.59 Å². The standard InChI is InChI=1S/C14H25N3O4/c1-3-15-11(18)10(2)17-13(21)16-9-14(12(19)20)7-5-4-6-8-14/h10H,3-9H2,1-2H3,(H,15,18)(H,19,20)(H2,16,17,21). The summed E-state index contributed by atoms with van der Waals surface area (Å²) < 4.78 is 0. The van der Waals surface area contributed by atoms with E-state index in [0.717, 1.165) is 19.3 Å². The van der Waals surface area contributed by atoms with Crippen LogP contribution in [0.1, 0.15) is 46.0 Å². The van der Waals surface area contributed by atoms with E-state index in [4.69, 9.17) is 0 Å². The van der Waals surface area contributed by atoms with Gasteiger partial charge in [-0.2, -0.15) is 0 Å². The Balaban J connectivity index is 2.47. The highest BCUT2D eigenvalue weighted by Crippen LogP contribution is 2.35. The lowest BCUT2D eigenvalue weighted by atomic mass is 9.74. The minimum absolute atomic E-state index is 0.0935. The quantitative estimate of drug-likeness (QED) is 0.583. The Hall–Kier alpha value is -1.79. The number of likely N-dealkylation sites (N-methyl/N-ethyl adjacent to an activating group) is 1. The van der Waals surface area contributed by atoms with Crippen molar-refractivity contribution in [1.29, 1.82) is 0 Å². The number of rotatable bonds is 6. The van der Waals surface area contributed by atoms with Crippen molar-refractivity contribution in [3.8, 4) is 0 Å². The molecule has 3 amide bonds. The lowest BCUT2D eigenvalue weighted by Gasteiger charge is -2.33. The average Bonchev–Trinajstić information content (AvgIpc) is 2.46. The number of carboxylic acids is 1. The summed E-state index contributed by atoms with van der Waals surface area (Å²) >= 11 is 0. The minimum atomic E-state index is -0.871. The van der Waals surface area contributed by atoms with Crippen LogP contribution < -0.4 is 16.0 Å². The molecule has 21 heavy (non-hydrogen) atoms. The first-order valence-electron chi connectivity index (χ1n) is 7.47. The maximum absolute atomic E-state index is 11.8. The largest absolute Gasteiger partial charge is 0.481 e. The number of carbonyl (C=O) groups is 3. The van der Waals surface area contributed by atoms with E-state index < -0.39 is 23.5 Å². The second kappa shape index (κ2) is 7.85. The molecule has 1 atom stereocenters. The molecule has 1 rings (SSSR count). The summed E-state index contributed by atoms with van der Waals surface area (Å²) in [4.78, 5) is 34.8. The van der Waals surface area contributed by atoms with Crippen LogP contribution in [0.2, 0.25) is 0 Å². The highest BCUT2D eigenvalue weighted by atomic mass is 16.4. The topological polar surface area (TPSA) is 108 Å². The van der Waals surface area contributed by atoms with Gasteiger partial charge in [0.15, 0.2) is 0 Å². The molecule has 1 aliphatic rings. The highest BCUT2D eigenvalue weighted by molar-refractivity contribution is 5.86. The first kappa shape index (κ1) is 17.3. The molecule has 1 aliphatic carbocycles. The maximum atomic E-state index is 11.8. The Morgan fingerprint density at radius 1 is 1.14 bits per heavy atom. The first-order valence-corrected chi connectivity index (χ1v) is 7.47. The highest BCUT2D eigenvalue weighted by Gasteiger charge is 2.39. The lowest BCUT2D eigenvalue weighted by Crippen LogP contribution is -2.51. The molecule has 1 unspecified atom stereocenters. The van der Waals surface area contributed by atoms with Crippen molar-refractivity contribution >= 4 is 17.9 Å². The van der Waals surface area contributed by atoms with Gasteiger partial charge in [0.2, 0.25) is 5.91 Å². The number of nitrogens with one attached hydrogen (secondary N) is 3. The SMILES string of the molecule is CCNC(=O)C(C)NC(=O)NCC1(C(=O)O)CCCCC1. The van der Waals surface area contributed by atoms with Gasteiger partial charge in [-0.1, -0.05) is 19.3 Å². The van der Waals surface area contributed by atoms with Crippen LogP contribution in [0.25, 0.3) is 0 Å². The second-order valence-corrected chi connectivity index (χ2v) is 5.59. The van der Waals surface area contributed by atoms with Crippen molar-refractivity contribution in [2.24, 2.45) is 5.41 Å². The Morgan fingerprint density at radius 2 is 1.76 bits per heavy atom. The van der Waals surface area contributed by atoms with Gasteiger partial charge in [0.1, 0.15) is 6.04 Å². The predicted molar refractivity (Wildman–Crippen MR) is 77.8 cm³/mol. The molecule has 7 heteroatoms. The molecule has 0 aliphatic heterocycles. The van der Waals surface area contributed by atoms with Crippen LogP contribution in [0.5, 0.6) is 0 Å². The zero-order chi connectivity index (χ0) is 15.9. The minimum Gasteiger partial charge on any atom is -0.481 e. The molecular formula is C14H25N3O4. The summed E-state index contributed by atoms with van der Waals surface area (Å²) in [6.07, 6.45) is 3.92. The van der Waals surface area contributed by atoms with Crippen LogP contribution in [0.15, 0.2) is 0 Å². The van der Waals surface area contributed by atoms with Crippen LogP contribution in [-0.2, 0) is 9.59 Å². The summed E-state index contributed by atoms with van der Waals surface area (Å²) in [5.41, 5.74) is -0.871. The Labute approximate surface area is 124 Å². The van der Waals surface area contributed by atoms with E-state index in [2.05, 4.69) is 16.0 Å². The summed E-state index contributed by atoms with van der Waals surface area (Å²) in [6, 6.07) is -1.17. The fourth-order valence-electron chi connectivity index (χ4n) is 2.58. The van der Waals surface area contributed by atoms with Crippen molar-refractivity contribution < 1.29 is 19.5 Å². The lowest BCUT2D eigenvalue weighted by molar-refractivity contribution is -0.150. The van der Waals surface area contributed by atoms with Crippen molar-refractivity contribution in [2.75, 3.05) is 13.1 Å². The zero-order valence-corrected chi connectivity index (χ0v) is 12.7. The van der Waals surface area contributed by atoms with E-state index in [1.54, 1.807) is 13.8 Å². The zero-order valence-electron chi connectivity index (χ0n) is 12.7. The molecular weight excluding hydrogens is 274 g/mol. The fourth-order valence-corrected chi connectivity index (χ4v) is 2.58. The molecule has 120 valence electrons. The fraction of sp³-hybridized carbons (Fsp3) is 0.786. The molecule has 0 radical (unpaired) electrons. The van der Waals surface area contributed by atoms with Gasteiger partial charge < -0.3 is 21.1 Å². The molecule has 1 saturated carbocycles. The second-order valence-electron chi connectivity index (χ2n) is 5.59. The normalized spacial score (nSPS) is 18.4. The van der Waals surface area contributed by atoms with Crippen LogP contribution in [0.4, 0.5) is 4.79 Å². The van der Waals surface area contributed by atoms with Gasteiger partial charge in [0, 0.05) is 13.1 Å². The molecule has 0 heterocycles. The average molecular weight is 299 g/mol. The van der Waals surface area contributed by atoms with Crippen LogP contribution in [0, 0.1) is 5.41 Å².